The molecule has 0 saturated heterocycles. The fraction of sp³-hybridized carbons (Fsp3) is 0.400. The molecule has 1 aromatic carbocycles. The second-order valence-electron chi connectivity index (χ2n) is 3.20. The Morgan fingerprint density at radius 3 is 2.67 bits per heavy atom. The standard InChI is InChI=1S/C10H13NO/c1-12-10-6-9(11)7-4-2-3-5-8(7)10/h2-5,9-10H,6,11H2,1H3/t9-,10+/m0/s1. The van der Waals surface area contributed by atoms with Gasteiger partial charge < -0.3 is 10.5 Å². The normalized spacial score (nSPS) is 27.2. The zero-order chi connectivity index (χ0) is 8.55. The summed E-state index contributed by atoms with van der Waals surface area (Å²) in [6.45, 7) is 0. The highest BCUT2D eigenvalue weighted by Gasteiger charge is 2.27. The van der Waals surface area contributed by atoms with Crippen LogP contribution in [0.1, 0.15) is 29.7 Å². The SMILES string of the molecule is CO[C@@H]1C[C@H](N)c2ccccc21. The zero-order valence-electron chi connectivity index (χ0n) is 7.16. The minimum Gasteiger partial charge on any atom is -0.377 e. The lowest BCUT2D eigenvalue weighted by Gasteiger charge is -2.07. The van der Waals surface area contributed by atoms with Crippen molar-refractivity contribution in [3.63, 3.8) is 0 Å². The van der Waals surface area contributed by atoms with E-state index in [1.165, 1.54) is 11.1 Å². The van der Waals surface area contributed by atoms with Gasteiger partial charge in [0.25, 0.3) is 0 Å². The van der Waals surface area contributed by atoms with Crippen molar-refractivity contribution in [2.45, 2.75) is 18.6 Å². The van der Waals surface area contributed by atoms with Crippen molar-refractivity contribution in [3.05, 3.63) is 35.4 Å². The second kappa shape index (κ2) is 2.88. The molecular weight excluding hydrogens is 150 g/mol. The van der Waals surface area contributed by atoms with Crippen molar-refractivity contribution in [3.8, 4) is 0 Å². The Bertz CT molecular complexity index is 285. The van der Waals surface area contributed by atoms with E-state index in [0.717, 1.165) is 6.42 Å². The molecule has 1 aromatic rings. The molecule has 2 rings (SSSR count). The Morgan fingerprint density at radius 1 is 1.33 bits per heavy atom. The van der Waals surface area contributed by atoms with E-state index < -0.39 is 0 Å². The van der Waals surface area contributed by atoms with E-state index in [1.54, 1.807) is 7.11 Å². The van der Waals surface area contributed by atoms with Crippen LogP contribution in [0.2, 0.25) is 0 Å². The zero-order valence-corrected chi connectivity index (χ0v) is 7.16. The van der Waals surface area contributed by atoms with Gasteiger partial charge in [-0.25, -0.2) is 0 Å². The first kappa shape index (κ1) is 7.77. The lowest BCUT2D eigenvalue weighted by molar-refractivity contribution is 0.101. The van der Waals surface area contributed by atoms with E-state index in [9.17, 15) is 0 Å². The Morgan fingerprint density at radius 2 is 2.00 bits per heavy atom. The third kappa shape index (κ3) is 1.04. The van der Waals surface area contributed by atoms with Crippen LogP contribution in [0.3, 0.4) is 0 Å². The van der Waals surface area contributed by atoms with Crippen LogP contribution in [0.15, 0.2) is 24.3 Å². The third-order valence-electron chi connectivity index (χ3n) is 2.49. The number of hydrogen-bond donors (Lipinski definition) is 1. The second-order valence-corrected chi connectivity index (χ2v) is 3.20. The van der Waals surface area contributed by atoms with Crippen LogP contribution in [0.5, 0.6) is 0 Å². The summed E-state index contributed by atoms with van der Waals surface area (Å²) in [7, 11) is 1.74. The quantitative estimate of drug-likeness (QED) is 0.684. The molecular formula is C10H13NO. The molecule has 0 saturated carbocycles. The summed E-state index contributed by atoms with van der Waals surface area (Å²) in [4.78, 5) is 0. The number of methoxy groups -OCH3 is 1. The number of fused-ring (bicyclic) bond motifs is 1. The summed E-state index contributed by atoms with van der Waals surface area (Å²) >= 11 is 0. The third-order valence-corrected chi connectivity index (χ3v) is 2.49. The molecule has 0 unspecified atom stereocenters. The van der Waals surface area contributed by atoms with Gasteiger partial charge in [0.05, 0.1) is 6.10 Å². The van der Waals surface area contributed by atoms with Gasteiger partial charge in [-0.15, -0.1) is 0 Å². The monoisotopic (exact) mass is 163 g/mol. The molecule has 0 heterocycles. The molecule has 0 amide bonds. The number of rotatable bonds is 1. The van der Waals surface area contributed by atoms with Gasteiger partial charge in [-0.05, 0) is 17.5 Å². The molecule has 2 nitrogen and oxygen atoms in total. The predicted molar refractivity (Wildman–Crippen MR) is 47.7 cm³/mol. The van der Waals surface area contributed by atoms with Crippen molar-refractivity contribution in [2.24, 2.45) is 5.73 Å². The molecule has 0 aromatic heterocycles. The Hall–Kier alpha value is -0.860. The van der Waals surface area contributed by atoms with Gasteiger partial charge in [0.15, 0.2) is 0 Å². The van der Waals surface area contributed by atoms with Crippen LogP contribution >= 0.6 is 0 Å². The molecule has 0 bridgehead atoms. The van der Waals surface area contributed by atoms with Gasteiger partial charge in [0.2, 0.25) is 0 Å². The number of benzene rings is 1. The van der Waals surface area contributed by atoms with E-state index in [4.69, 9.17) is 10.5 Å². The maximum atomic E-state index is 5.93. The first-order valence-electron chi connectivity index (χ1n) is 4.20. The van der Waals surface area contributed by atoms with Gasteiger partial charge in [-0.2, -0.15) is 0 Å². The largest absolute Gasteiger partial charge is 0.377 e. The number of hydrogen-bond acceptors (Lipinski definition) is 2. The highest BCUT2D eigenvalue weighted by atomic mass is 16.5. The van der Waals surface area contributed by atoms with Crippen LogP contribution in [0, 0.1) is 0 Å². The summed E-state index contributed by atoms with van der Waals surface area (Å²) in [5.41, 5.74) is 8.43. The van der Waals surface area contributed by atoms with Crippen molar-refractivity contribution in [1.29, 1.82) is 0 Å². The molecule has 2 N–H and O–H groups in total. The van der Waals surface area contributed by atoms with E-state index in [1.807, 2.05) is 12.1 Å². The maximum Gasteiger partial charge on any atom is 0.0842 e. The summed E-state index contributed by atoms with van der Waals surface area (Å²) in [6.07, 6.45) is 1.12. The average molecular weight is 163 g/mol. The molecule has 0 aliphatic heterocycles. The van der Waals surface area contributed by atoms with Gasteiger partial charge in [-0.1, -0.05) is 24.3 Å². The van der Waals surface area contributed by atoms with Crippen LogP contribution in [0.25, 0.3) is 0 Å². The summed E-state index contributed by atoms with van der Waals surface area (Å²) < 4.78 is 5.33. The minimum atomic E-state index is 0.158. The Labute approximate surface area is 72.3 Å². The molecule has 0 radical (unpaired) electrons. The van der Waals surface area contributed by atoms with Crippen molar-refractivity contribution in [1.82, 2.24) is 0 Å². The van der Waals surface area contributed by atoms with Crippen molar-refractivity contribution < 1.29 is 4.74 Å². The molecule has 0 fully saturated rings. The fourth-order valence-corrected chi connectivity index (χ4v) is 1.85. The van der Waals surface area contributed by atoms with Gasteiger partial charge in [-0.3, -0.25) is 0 Å². The molecule has 0 spiro atoms. The highest BCUT2D eigenvalue weighted by Crippen LogP contribution is 2.38. The lowest BCUT2D eigenvalue weighted by Crippen LogP contribution is -2.05. The van der Waals surface area contributed by atoms with Crippen LogP contribution in [-0.4, -0.2) is 7.11 Å². The van der Waals surface area contributed by atoms with Crippen molar-refractivity contribution in [2.75, 3.05) is 7.11 Å². The molecule has 1 aliphatic carbocycles. The first-order chi connectivity index (χ1) is 5.83. The van der Waals surface area contributed by atoms with E-state index >= 15 is 0 Å². The molecule has 64 valence electrons. The smallest absolute Gasteiger partial charge is 0.0842 e. The van der Waals surface area contributed by atoms with Gasteiger partial charge in [0, 0.05) is 13.2 Å². The van der Waals surface area contributed by atoms with Crippen molar-refractivity contribution >= 4 is 0 Å². The highest BCUT2D eigenvalue weighted by molar-refractivity contribution is 5.36. The van der Waals surface area contributed by atoms with Crippen LogP contribution in [0.4, 0.5) is 0 Å². The van der Waals surface area contributed by atoms with Crippen LogP contribution < -0.4 is 5.73 Å². The van der Waals surface area contributed by atoms with E-state index in [0.29, 0.717) is 0 Å². The number of nitrogens with two attached hydrogens (primary N) is 1. The minimum absolute atomic E-state index is 0.158. The molecule has 2 atom stereocenters. The molecule has 12 heavy (non-hydrogen) atoms. The van der Waals surface area contributed by atoms with E-state index in [2.05, 4.69) is 12.1 Å². The Kier molecular flexibility index (Phi) is 1.87. The fourth-order valence-electron chi connectivity index (χ4n) is 1.85. The first-order valence-corrected chi connectivity index (χ1v) is 4.20. The van der Waals surface area contributed by atoms with Crippen LogP contribution in [-0.2, 0) is 4.74 Å². The summed E-state index contributed by atoms with van der Waals surface area (Å²) in [5.74, 6) is 0. The Balaban J connectivity index is 2.43. The summed E-state index contributed by atoms with van der Waals surface area (Å²) in [5, 5.41) is 0. The molecule has 1 aliphatic rings. The van der Waals surface area contributed by atoms with Gasteiger partial charge >= 0.3 is 0 Å². The maximum absolute atomic E-state index is 5.93. The van der Waals surface area contributed by atoms with E-state index in [-0.39, 0.29) is 12.1 Å². The topological polar surface area (TPSA) is 35.2 Å². The number of ether oxygens (including phenoxy) is 1. The summed E-state index contributed by atoms with van der Waals surface area (Å²) in [6, 6.07) is 8.39. The molecule has 2 heteroatoms. The van der Waals surface area contributed by atoms with Gasteiger partial charge in [0.1, 0.15) is 0 Å². The predicted octanol–water partition coefficient (Wildman–Crippen LogP) is 1.78. The lowest BCUT2D eigenvalue weighted by atomic mass is 10.1. The average Bonchev–Trinajstić information content (AvgIpc) is 2.44.